The highest BCUT2D eigenvalue weighted by atomic mass is 79.9. The van der Waals surface area contributed by atoms with Crippen molar-refractivity contribution in [2.75, 3.05) is 13.2 Å². The molecule has 1 heterocycles. The van der Waals surface area contributed by atoms with E-state index in [1.165, 1.54) is 0 Å². The van der Waals surface area contributed by atoms with Gasteiger partial charge in [0, 0.05) is 12.4 Å². The number of hydrogen-bond acceptors (Lipinski definition) is 4. The van der Waals surface area contributed by atoms with E-state index in [9.17, 15) is 5.11 Å². The molecule has 2 aromatic rings. The van der Waals surface area contributed by atoms with E-state index < -0.39 is 0 Å². The highest BCUT2D eigenvalue weighted by Gasteiger charge is 2.12. The van der Waals surface area contributed by atoms with Crippen LogP contribution in [0.15, 0.2) is 35.3 Å². The summed E-state index contributed by atoms with van der Waals surface area (Å²) in [7, 11) is 0. The molecule has 0 aliphatic heterocycles. The van der Waals surface area contributed by atoms with Crippen molar-refractivity contribution in [3.05, 3.63) is 40.9 Å². The van der Waals surface area contributed by atoms with E-state index in [4.69, 9.17) is 9.47 Å². The van der Waals surface area contributed by atoms with Crippen LogP contribution in [0.25, 0.3) is 0 Å². The minimum Gasteiger partial charge on any atom is -0.490 e. The van der Waals surface area contributed by atoms with Crippen LogP contribution in [-0.4, -0.2) is 27.9 Å². The molecular weight excluding hydrogens is 324 g/mol. The largest absolute Gasteiger partial charge is 0.490 e. The molecular formula is C14H17BrN2O3. The minimum absolute atomic E-state index is 0.0337. The minimum atomic E-state index is -0.0337. The summed E-state index contributed by atoms with van der Waals surface area (Å²) >= 11 is 3.45. The smallest absolute Gasteiger partial charge is 0.175 e. The van der Waals surface area contributed by atoms with E-state index in [1.807, 2.05) is 23.8 Å². The van der Waals surface area contributed by atoms with E-state index in [0.717, 1.165) is 10.0 Å². The molecule has 0 saturated heterocycles. The molecule has 0 unspecified atom stereocenters. The number of hydrogen-bond donors (Lipinski definition) is 1. The number of benzene rings is 1. The van der Waals surface area contributed by atoms with Crippen LogP contribution in [0.3, 0.4) is 0 Å². The van der Waals surface area contributed by atoms with Crippen molar-refractivity contribution in [2.24, 2.45) is 0 Å². The Kier molecular flexibility index (Phi) is 5.43. The third kappa shape index (κ3) is 3.74. The SMILES string of the molecule is CCOc1cc(CO)cc(Br)c1OCCn1ccnc1. The van der Waals surface area contributed by atoms with Gasteiger partial charge in [-0.05, 0) is 40.5 Å². The first-order valence-electron chi connectivity index (χ1n) is 6.39. The fourth-order valence-corrected chi connectivity index (χ4v) is 2.39. The predicted molar refractivity (Wildman–Crippen MR) is 79.0 cm³/mol. The second-order valence-electron chi connectivity index (χ2n) is 4.15. The maximum absolute atomic E-state index is 9.22. The molecule has 1 aromatic heterocycles. The highest BCUT2D eigenvalue weighted by molar-refractivity contribution is 9.10. The summed E-state index contributed by atoms with van der Waals surface area (Å²) in [5.74, 6) is 1.29. The number of aliphatic hydroxyl groups is 1. The molecule has 0 bridgehead atoms. The Morgan fingerprint density at radius 3 is 2.85 bits per heavy atom. The number of aliphatic hydroxyl groups excluding tert-OH is 1. The molecule has 0 spiro atoms. The van der Waals surface area contributed by atoms with Gasteiger partial charge in [0.25, 0.3) is 0 Å². The van der Waals surface area contributed by atoms with Crippen molar-refractivity contribution >= 4 is 15.9 Å². The van der Waals surface area contributed by atoms with Gasteiger partial charge in [-0.3, -0.25) is 0 Å². The molecule has 0 fully saturated rings. The zero-order chi connectivity index (χ0) is 14.4. The van der Waals surface area contributed by atoms with Crippen molar-refractivity contribution < 1.29 is 14.6 Å². The number of imidazole rings is 1. The maximum atomic E-state index is 9.22. The van der Waals surface area contributed by atoms with Gasteiger partial charge in [-0.2, -0.15) is 0 Å². The van der Waals surface area contributed by atoms with Crippen molar-refractivity contribution in [2.45, 2.75) is 20.1 Å². The number of rotatable bonds is 7. The van der Waals surface area contributed by atoms with Crippen molar-refractivity contribution in [3.8, 4) is 11.5 Å². The van der Waals surface area contributed by atoms with E-state index in [2.05, 4.69) is 20.9 Å². The summed E-state index contributed by atoms with van der Waals surface area (Å²) in [6.45, 7) is 3.63. The second kappa shape index (κ2) is 7.31. The third-order valence-electron chi connectivity index (χ3n) is 2.71. The first-order chi connectivity index (χ1) is 9.74. The van der Waals surface area contributed by atoms with Crippen LogP contribution in [0.1, 0.15) is 12.5 Å². The highest BCUT2D eigenvalue weighted by Crippen LogP contribution is 2.37. The summed E-state index contributed by atoms with van der Waals surface area (Å²) in [4.78, 5) is 3.98. The van der Waals surface area contributed by atoms with E-state index in [0.29, 0.717) is 31.3 Å². The van der Waals surface area contributed by atoms with Gasteiger partial charge >= 0.3 is 0 Å². The van der Waals surface area contributed by atoms with Crippen LogP contribution in [0.5, 0.6) is 11.5 Å². The number of ether oxygens (including phenoxy) is 2. The average Bonchev–Trinajstić information content (AvgIpc) is 2.95. The van der Waals surface area contributed by atoms with Crippen LogP contribution < -0.4 is 9.47 Å². The van der Waals surface area contributed by atoms with Gasteiger partial charge < -0.3 is 19.1 Å². The number of nitrogens with zero attached hydrogens (tertiary/aromatic N) is 2. The lowest BCUT2D eigenvalue weighted by Gasteiger charge is -2.15. The Bertz CT molecular complexity index is 544. The standard InChI is InChI=1S/C14H17BrN2O3/c1-2-19-13-8-11(9-18)7-12(15)14(13)20-6-5-17-4-3-16-10-17/h3-4,7-8,10,18H,2,5-6,9H2,1H3. The topological polar surface area (TPSA) is 56.5 Å². The van der Waals surface area contributed by atoms with Gasteiger partial charge in [0.05, 0.1) is 30.6 Å². The van der Waals surface area contributed by atoms with Crippen LogP contribution in [0.2, 0.25) is 0 Å². The molecule has 0 aliphatic carbocycles. The van der Waals surface area contributed by atoms with Crippen molar-refractivity contribution in [3.63, 3.8) is 0 Å². The fraction of sp³-hybridized carbons (Fsp3) is 0.357. The first-order valence-corrected chi connectivity index (χ1v) is 7.18. The molecule has 0 saturated carbocycles. The Morgan fingerprint density at radius 1 is 1.35 bits per heavy atom. The Hall–Kier alpha value is -1.53. The Balaban J connectivity index is 2.08. The van der Waals surface area contributed by atoms with Crippen LogP contribution in [-0.2, 0) is 13.2 Å². The normalized spacial score (nSPS) is 10.6. The van der Waals surface area contributed by atoms with Gasteiger partial charge in [-0.1, -0.05) is 0 Å². The molecule has 1 aromatic carbocycles. The zero-order valence-corrected chi connectivity index (χ0v) is 12.8. The maximum Gasteiger partial charge on any atom is 0.175 e. The lowest BCUT2D eigenvalue weighted by atomic mass is 10.2. The summed E-state index contributed by atoms with van der Waals surface area (Å²) < 4.78 is 14.1. The van der Waals surface area contributed by atoms with Crippen molar-refractivity contribution in [1.29, 1.82) is 0 Å². The molecule has 0 amide bonds. The molecule has 1 N–H and O–H groups in total. The fourth-order valence-electron chi connectivity index (χ4n) is 1.79. The van der Waals surface area contributed by atoms with Gasteiger partial charge in [0.15, 0.2) is 11.5 Å². The van der Waals surface area contributed by atoms with Crippen LogP contribution in [0.4, 0.5) is 0 Å². The lowest BCUT2D eigenvalue weighted by molar-refractivity contribution is 0.260. The molecule has 2 rings (SSSR count). The van der Waals surface area contributed by atoms with E-state index >= 15 is 0 Å². The number of aromatic nitrogens is 2. The summed E-state index contributed by atoms with van der Waals surface area (Å²) in [6.07, 6.45) is 5.37. The molecule has 0 aliphatic rings. The van der Waals surface area contributed by atoms with Crippen LogP contribution in [0, 0.1) is 0 Å². The molecule has 5 nitrogen and oxygen atoms in total. The summed E-state index contributed by atoms with van der Waals surface area (Å²) in [5, 5.41) is 9.22. The monoisotopic (exact) mass is 340 g/mol. The molecule has 108 valence electrons. The van der Waals surface area contributed by atoms with Crippen molar-refractivity contribution in [1.82, 2.24) is 9.55 Å². The van der Waals surface area contributed by atoms with Gasteiger partial charge in [0.1, 0.15) is 6.61 Å². The molecule has 0 atom stereocenters. The first kappa shape index (κ1) is 14.9. The second-order valence-corrected chi connectivity index (χ2v) is 5.00. The van der Waals surface area contributed by atoms with Crippen LogP contribution >= 0.6 is 15.9 Å². The quantitative estimate of drug-likeness (QED) is 0.841. The van der Waals surface area contributed by atoms with E-state index in [1.54, 1.807) is 18.6 Å². The Labute approximate surface area is 126 Å². The predicted octanol–water partition coefficient (Wildman–Crippen LogP) is 2.62. The molecule has 6 heteroatoms. The average molecular weight is 341 g/mol. The third-order valence-corrected chi connectivity index (χ3v) is 3.30. The summed E-state index contributed by atoms with van der Waals surface area (Å²) in [6, 6.07) is 3.62. The summed E-state index contributed by atoms with van der Waals surface area (Å²) in [5.41, 5.74) is 0.780. The van der Waals surface area contributed by atoms with Gasteiger partial charge in [-0.25, -0.2) is 4.98 Å². The number of halogens is 1. The van der Waals surface area contributed by atoms with Gasteiger partial charge in [0.2, 0.25) is 0 Å². The molecule has 0 radical (unpaired) electrons. The molecule has 20 heavy (non-hydrogen) atoms. The zero-order valence-electron chi connectivity index (χ0n) is 11.3. The van der Waals surface area contributed by atoms with E-state index in [-0.39, 0.29) is 6.61 Å². The Morgan fingerprint density at radius 2 is 2.20 bits per heavy atom. The lowest BCUT2D eigenvalue weighted by Crippen LogP contribution is -2.08. The van der Waals surface area contributed by atoms with Gasteiger partial charge in [-0.15, -0.1) is 0 Å².